The van der Waals surface area contributed by atoms with Crippen LogP contribution in [0.15, 0.2) is 46.7 Å². The Kier molecular flexibility index (Phi) is 10.8. The van der Waals surface area contributed by atoms with Gasteiger partial charge in [-0.25, -0.2) is 23.8 Å². The molecule has 0 bridgehead atoms. The zero-order valence-electron chi connectivity index (χ0n) is 22.8. The van der Waals surface area contributed by atoms with Crippen molar-refractivity contribution >= 4 is 34.8 Å². The number of amidine groups is 1. The van der Waals surface area contributed by atoms with Crippen LogP contribution in [0.2, 0.25) is 0 Å². The van der Waals surface area contributed by atoms with E-state index in [2.05, 4.69) is 20.4 Å². The highest BCUT2D eigenvalue weighted by Crippen LogP contribution is 2.35. The summed E-state index contributed by atoms with van der Waals surface area (Å²) in [5.41, 5.74) is 6.86. The second kappa shape index (κ2) is 14.3. The van der Waals surface area contributed by atoms with Crippen molar-refractivity contribution in [2.24, 2.45) is 5.73 Å². The number of halogens is 4. The first-order chi connectivity index (χ1) is 21.2. The lowest BCUT2D eigenvalue weighted by molar-refractivity contribution is -0.192. The summed E-state index contributed by atoms with van der Waals surface area (Å²) in [6, 6.07) is 7.90. The smallest absolute Gasteiger partial charge is 0.490 e. The first-order valence-electron chi connectivity index (χ1n) is 12.2. The van der Waals surface area contributed by atoms with Crippen LogP contribution < -0.4 is 26.2 Å². The topological polar surface area (TPSA) is 239 Å². The van der Waals surface area contributed by atoms with Crippen LogP contribution in [0.4, 0.5) is 23.2 Å². The molecule has 0 saturated carbocycles. The molecule has 1 unspecified atom stereocenters. The number of aromatic amines is 1. The van der Waals surface area contributed by atoms with Gasteiger partial charge in [-0.15, -0.1) is 16.4 Å². The number of carbonyl (C=O) groups is 2. The van der Waals surface area contributed by atoms with Gasteiger partial charge in [0.05, 0.1) is 19.2 Å². The van der Waals surface area contributed by atoms with Crippen molar-refractivity contribution in [2.45, 2.75) is 12.2 Å². The zero-order chi connectivity index (χ0) is 33.5. The Bertz CT molecular complexity index is 1740. The van der Waals surface area contributed by atoms with Crippen molar-refractivity contribution in [3.05, 3.63) is 80.0 Å². The van der Waals surface area contributed by atoms with Crippen LogP contribution >= 0.6 is 11.3 Å². The van der Waals surface area contributed by atoms with Crippen LogP contribution in [-0.2, 0) is 4.79 Å². The second-order valence-electron chi connectivity index (χ2n) is 8.51. The van der Waals surface area contributed by atoms with Crippen molar-refractivity contribution in [2.75, 3.05) is 25.6 Å². The molecule has 8 N–H and O–H groups in total. The SMILES string of the molecule is COc1cc(OCCO)c(F)c(C(Nc2ccc(C(=N)N)cc2)c2nn(-c3ncsc3C(=O)O)c(=O)[nH]2)c1.O=C(O)C(F)(F)F. The molecular weight excluding hydrogens is 634 g/mol. The van der Waals surface area contributed by atoms with Crippen LogP contribution in [-0.4, -0.2) is 79.3 Å². The number of aromatic carboxylic acids is 1. The third kappa shape index (κ3) is 8.32. The van der Waals surface area contributed by atoms with Crippen molar-refractivity contribution in [1.82, 2.24) is 19.7 Å². The zero-order valence-corrected chi connectivity index (χ0v) is 23.6. The fourth-order valence-electron chi connectivity index (χ4n) is 3.54. The minimum Gasteiger partial charge on any atom is -0.497 e. The number of benzene rings is 2. The highest BCUT2D eigenvalue weighted by molar-refractivity contribution is 7.12. The number of ether oxygens (including phenoxy) is 2. The Labute approximate surface area is 253 Å². The van der Waals surface area contributed by atoms with Gasteiger partial charge in [0.2, 0.25) is 0 Å². The number of hydrogen-bond acceptors (Lipinski definition) is 11. The quantitative estimate of drug-likeness (QED) is 0.0699. The second-order valence-corrected chi connectivity index (χ2v) is 9.36. The van der Waals surface area contributed by atoms with Gasteiger partial charge in [-0.05, 0) is 30.3 Å². The number of aliphatic hydroxyl groups is 1. The number of aromatic nitrogens is 4. The molecule has 20 heteroatoms. The number of nitrogens with two attached hydrogens (primary N) is 1. The lowest BCUT2D eigenvalue weighted by atomic mass is 10.0. The molecule has 45 heavy (non-hydrogen) atoms. The Morgan fingerprint density at radius 3 is 2.40 bits per heavy atom. The fourth-order valence-corrected chi connectivity index (χ4v) is 4.14. The summed E-state index contributed by atoms with van der Waals surface area (Å²) in [6.45, 7) is -0.533. The number of aliphatic hydroxyl groups excluding tert-OH is 1. The first kappa shape index (κ1) is 34.0. The van der Waals surface area contributed by atoms with E-state index in [1.165, 1.54) is 24.8 Å². The highest BCUT2D eigenvalue weighted by Gasteiger charge is 2.38. The fraction of sp³-hybridized carbons (Fsp3) is 0.200. The molecule has 0 aliphatic carbocycles. The van der Waals surface area contributed by atoms with Crippen molar-refractivity contribution < 1.29 is 51.9 Å². The van der Waals surface area contributed by atoms with Gasteiger partial charge in [-0.3, -0.25) is 10.4 Å². The molecule has 0 saturated heterocycles. The molecule has 15 nitrogen and oxygen atoms in total. The lowest BCUT2D eigenvalue weighted by Crippen LogP contribution is -2.21. The first-order valence-corrected chi connectivity index (χ1v) is 13.0. The van der Waals surface area contributed by atoms with Gasteiger partial charge in [-0.2, -0.15) is 17.9 Å². The van der Waals surface area contributed by atoms with Gasteiger partial charge < -0.3 is 35.8 Å². The summed E-state index contributed by atoms with van der Waals surface area (Å²) in [6.07, 6.45) is -5.08. The molecule has 4 aromatic rings. The minimum atomic E-state index is -5.08. The van der Waals surface area contributed by atoms with E-state index in [0.29, 0.717) is 11.3 Å². The van der Waals surface area contributed by atoms with E-state index in [-0.39, 0.29) is 52.6 Å². The number of rotatable bonds is 11. The maximum absolute atomic E-state index is 15.7. The third-order valence-electron chi connectivity index (χ3n) is 5.54. The third-order valence-corrected chi connectivity index (χ3v) is 6.34. The van der Waals surface area contributed by atoms with E-state index in [1.54, 1.807) is 24.3 Å². The van der Waals surface area contributed by atoms with Gasteiger partial charge in [0.25, 0.3) is 0 Å². The Morgan fingerprint density at radius 1 is 1.22 bits per heavy atom. The molecule has 0 radical (unpaired) electrons. The average molecular weight is 658 g/mol. The number of H-pyrrole nitrogens is 1. The monoisotopic (exact) mass is 657 g/mol. The molecule has 1 atom stereocenters. The number of nitrogen functional groups attached to an aromatic ring is 1. The van der Waals surface area contributed by atoms with E-state index in [4.69, 9.17) is 35.6 Å². The number of nitrogens with zero attached hydrogens (tertiary/aromatic N) is 3. The largest absolute Gasteiger partial charge is 0.497 e. The van der Waals surface area contributed by atoms with Gasteiger partial charge in [0.15, 0.2) is 28.1 Å². The molecule has 4 rings (SSSR count). The lowest BCUT2D eigenvalue weighted by Gasteiger charge is -2.21. The molecule has 240 valence electrons. The standard InChI is InChI=1S/C23H22FN7O6S.C2HF3O2/c1-36-13-8-14(16(24)15(9-13)37-7-6-32)17(28-12-4-2-11(3-5-12)19(25)26)20-29-23(35)31(30-20)21-18(22(33)34)38-10-27-21;3-2(4,5)1(6)7/h2-5,8-10,17,28,32H,6-7H2,1H3,(H3,25,26)(H,33,34)(H,29,30,35);(H,6,7). The van der Waals surface area contributed by atoms with Gasteiger partial charge in [0, 0.05) is 22.9 Å². The normalized spacial score (nSPS) is 11.6. The van der Waals surface area contributed by atoms with E-state index in [0.717, 1.165) is 16.0 Å². The molecule has 0 aliphatic rings. The number of carboxylic acids is 2. The Morgan fingerprint density at radius 2 is 1.87 bits per heavy atom. The van der Waals surface area contributed by atoms with E-state index < -0.39 is 35.7 Å². The van der Waals surface area contributed by atoms with Gasteiger partial charge in [-0.1, -0.05) is 0 Å². The predicted octanol–water partition coefficient (Wildman–Crippen LogP) is 2.35. The number of methoxy groups -OCH3 is 1. The molecule has 2 aromatic carbocycles. The van der Waals surface area contributed by atoms with Gasteiger partial charge >= 0.3 is 23.8 Å². The van der Waals surface area contributed by atoms with Crippen LogP contribution in [0.5, 0.6) is 11.5 Å². The maximum Gasteiger partial charge on any atom is 0.490 e. The van der Waals surface area contributed by atoms with E-state index >= 15 is 4.39 Å². The minimum absolute atomic E-state index is 0.0365. The van der Waals surface area contributed by atoms with Crippen LogP contribution in [0, 0.1) is 11.2 Å². The van der Waals surface area contributed by atoms with Crippen molar-refractivity contribution in [3.8, 4) is 17.3 Å². The number of thiazole rings is 1. The Hall–Kier alpha value is -5.50. The highest BCUT2D eigenvalue weighted by atomic mass is 32.1. The number of carboxylic acid groups (broad SMARTS) is 2. The summed E-state index contributed by atoms with van der Waals surface area (Å²) in [5, 5.41) is 40.6. The molecular formula is C25H23F4N7O8S. The Balaban J connectivity index is 0.000000707. The van der Waals surface area contributed by atoms with Crippen molar-refractivity contribution in [1.29, 1.82) is 5.41 Å². The molecule has 2 aromatic heterocycles. The summed E-state index contributed by atoms with van der Waals surface area (Å²) >= 11 is 0.817. The number of hydrogen-bond donors (Lipinski definition) is 7. The average Bonchev–Trinajstić information content (AvgIpc) is 3.62. The number of aliphatic carboxylic acids is 1. The molecule has 0 fully saturated rings. The molecule has 0 amide bonds. The molecule has 2 heterocycles. The van der Waals surface area contributed by atoms with Crippen LogP contribution in [0.1, 0.15) is 32.7 Å². The number of nitrogens with one attached hydrogen (secondary N) is 3. The molecule has 0 spiro atoms. The predicted molar refractivity (Wildman–Crippen MR) is 149 cm³/mol. The van der Waals surface area contributed by atoms with Crippen LogP contribution in [0.25, 0.3) is 5.82 Å². The van der Waals surface area contributed by atoms with Crippen LogP contribution in [0.3, 0.4) is 0 Å². The van der Waals surface area contributed by atoms with E-state index in [9.17, 15) is 27.9 Å². The summed E-state index contributed by atoms with van der Waals surface area (Å²) < 4.78 is 58.9. The van der Waals surface area contributed by atoms with Gasteiger partial charge in [0.1, 0.15) is 24.2 Å². The van der Waals surface area contributed by atoms with Crippen molar-refractivity contribution in [3.63, 3.8) is 0 Å². The summed E-state index contributed by atoms with van der Waals surface area (Å²) in [5.74, 6) is -5.25. The maximum atomic E-state index is 15.7. The van der Waals surface area contributed by atoms with E-state index in [1.807, 2.05) is 0 Å². The summed E-state index contributed by atoms with van der Waals surface area (Å²) in [4.78, 5) is 39.6. The summed E-state index contributed by atoms with van der Waals surface area (Å²) in [7, 11) is 1.38. The number of anilines is 1. The molecule has 0 aliphatic heterocycles. The number of alkyl halides is 3.